The summed E-state index contributed by atoms with van der Waals surface area (Å²) in [5, 5.41) is 3.51. The van der Waals surface area contributed by atoms with Gasteiger partial charge in [0.2, 0.25) is 0 Å². The van der Waals surface area contributed by atoms with Crippen LogP contribution in [0.1, 0.15) is 59.3 Å². The number of hydrogen-bond donors (Lipinski definition) is 1. The van der Waals surface area contributed by atoms with Crippen LogP contribution in [-0.2, 0) is 0 Å². The predicted molar refractivity (Wildman–Crippen MR) is 79.3 cm³/mol. The molecule has 0 amide bonds. The molecule has 0 aromatic carbocycles. The van der Waals surface area contributed by atoms with E-state index in [4.69, 9.17) is 0 Å². The van der Waals surface area contributed by atoms with E-state index in [0.717, 1.165) is 32.4 Å². The Morgan fingerprint density at radius 3 is 2.05 bits per heavy atom. The molecule has 2 atom stereocenters. The minimum Gasteiger partial charge on any atom is -0.311 e. The Hall–Kier alpha value is -0.290. The molecule has 5 heteroatoms. The molecule has 2 rings (SSSR count). The minimum atomic E-state index is -4.02. The lowest BCUT2D eigenvalue weighted by Crippen LogP contribution is -2.52. The molecule has 2 fully saturated rings. The fourth-order valence-corrected chi connectivity index (χ4v) is 3.69. The SMILES string of the molecule is CC(C)(C)N1CCC(N[C@H]2CCC[C@@H](C(F)(F)F)C2)CC1. The van der Waals surface area contributed by atoms with Gasteiger partial charge < -0.3 is 5.32 Å². The number of rotatable bonds is 2. The molecular formula is C16H29F3N2. The first-order valence-electron chi connectivity index (χ1n) is 8.24. The third kappa shape index (κ3) is 4.85. The highest BCUT2D eigenvalue weighted by Gasteiger charge is 2.42. The smallest absolute Gasteiger partial charge is 0.311 e. The first-order chi connectivity index (χ1) is 9.66. The van der Waals surface area contributed by atoms with Gasteiger partial charge in [-0.15, -0.1) is 0 Å². The molecule has 1 aliphatic heterocycles. The fraction of sp³-hybridized carbons (Fsp3) is 1.00. The molecule has 1 aliphatic carbocycles. The number of halogens is 3. The van der Waals surface area contributed by atoms with E-state index in [1.54, 1.807) is 0 Å². The van der Waals surface area contributed by atoms with Gasteiger partial charge in [0.1, 0.15) is 0 Å². The Labute approximate surface area is 126 Å². The summed E-state index contributed by atoms with van der Waals surface area (Å²) < 4.78 is 38.5. The van der Waals surface area contributed by atoms with Crippen molar-refractivity contribution < 1.29 is 13.2 Å². The van der Waals surface area contributed by atoms with E-state index in [1.807, 2.05) is 0 Å². The third-order valence-corrected chi connectivity index (χ3v) is 5.05. The minimum absolute atomic E-state index is 0.0524. The Kier molecular flexibility index (Phi) is 5.24. The summed E-state index contributed by atoms with van der Waals surface area (Å²) in [4.78, 5) is 2.46. The van der Waals surface area contributed by atoms with Crippen molar-refractivity contribution in [2.75, 3.05) is 13.1 Å². The second-order valence-electron chi connectivity index (χ2n) is 7.70. The molecule has 0 aromatic rings. The molecule has 0 bridgehead atoms. The van der Waals surface area contributed by atoms with Crippen molar-refractivity contribution in [3.8, 4) is 0 Å². The topological polar surface area (TPSA) is 15.3 Å². The van der Waals surface area contributed by atoms with Gasteiger partial charge in [0.05, 0.1) is 5.92 Å². The first-order valence-corrected chi connectivity index (χ1v) is 8.24. The van der Waals surface area contributed by atoms with Crippen LogP contribution in [0.25, 0.3) is 0 Å². The number of hydrogen-bond acceptors (Lipinski definition) is 2. The van der Waals surface area contributed by atoms with Crippen LogP contribution < -0.4 is 5.32 Å². The van der Waals surface area contributed by atoms with Crippen LogP contribution in [0.2, 0.25) is 0 Å². The summed E-state index contributed by atoms with van der Waals surface area (Å²) in [5.41, 5.74) is 0.192. The summed E-state index contributed by atoms with van der Waals surface area (Å²) in [6.07, 6.45) is 0.243. The van der Waals surface area contributed by atoms with Crippen LogP contribution in [0, 0.1) is 5.92 Å². The van der Waals surface area contributed by atoms with E-state index in [0.29, 0.717) is 18.9 Å². The molecule has 2 aliphatic rings. The average molecular weight is 306 g/mol. The van der Waals surface area contributed by atoms with Crippen molar-refractivity contribution in [3.05, 3.63) is 0 Å². The Bertz CT molecular complexity index is 327. The molecule has 1 heterocycles. The molecule has 0 aromatic heterocycles. The van der Waals surface area contributed by atoms with Gasteiger partial charge >= 0.3 is 6.18 Å². The normalized spacial score (nSPS) is 30.6. The number of likely N-dealkylation sites (tertiary alicyclic amines) is 1. The van der Waals surface area contributed by atoms with E-state index >= 15 is 0 Å². The maximum absolute atomic E-state index is 12.8. The molecule has 1 saturated heterocycles. The average Bonchev–Trinajstić information content (AvgIpc) is 2.37. The molecule has 1 saturated carbocycles. The molecule has 0 unspecified atom stereocenters. The van der Waals surface area contributed by atoms with Crippen molar-refractivity contribution >= 4 is 0 Å². The van der Waals surface area contributed by atoms with E-state index in [-0.39, 0.29) is 18.0 Å². The van der Waals surface area contributed by atoms with Crippen LogP contribution in [0.3, 0.4) is 0 Å². The maximum Gasteiger partial charge on any atom is 0.391 e. The van der Waals surface area contributed by atoms with Gasteiger partial charge in [-0.1, -0.05) is 6.42 Å². The zero-order valence-electron chi connectivity index (χ0n) is 13.5. The van der Waals surface area contributed by atoms with E-state index in [9.17, 15) is 13.2 Å². The van der Waals surface area contributed by atoms with Crippen LogP contribution in [0.5, 0.6) is 0 Å². The van der Waals surface area contributed by atoms with Crippen molar-refractivity contribution in [1.82, 2.24) is 10.2 Å². The summed E-state index contributed by atoms with van der Waals surface area (Å²) in [6, 6.07) is 0.442. The quantitative estimate of drug-likeness (QED) is 0.831. The zero-order chi connectivity index (χ0) is 15.7. The van der Waals surface area contributed by atoms with Gasteiger partial charge in [0, 0.05) is 30.7 Å². The number of alkyl halides is 3. The van der Waals surface area contributed by atoms with Crippen LogP contribution in [-0.4, -0.2) is 41.8 Å². The monoisotopic (exact) mass is 306 g/mol. The van der Waals surface area contributed by atoms with Gasteiger partial charge in [-0.05, 0) is 52.9 Å². The maximum atomic E-state index is 12.8. The molecule has 21 heavy (non-hydrogen) atoms. The third-order valence-electron chi connectivity index (χ3n) is 5.05. The summed E-state index contributed by atoms with van der Waals surface area (Å²) in [5.74, 6) is -1.10. The predicted octanol–water partition coefficient (Wildman–Crippen LogP) is 3.96. The molecule has 0 radical (unpaired) electrons. The lowest BCUT2D eigenvalue weighted by atomic mass is 9.84. The second kappa shape index (κ2) is 6.45. The number of piperidine rings is 1. The molecule has 1 N–H and O–H groups in total. The highest BCUT2D eigenvalue weighted by Crippen LogP contribution is 2.37. The lowest BCUT2D eigenvalue weighted by Gasteiger charge is -2.42. The van der Waals surface area contributed by atoms with Crippen LogP contribution in [0.4, 0.5) is 13.2 Å². The van der Waals surface area contributed by atoms with Crippen molar-refractivity contribution in [1.29, 1.82) is 0 Å². The van der Waals surface area contributed by atoms with Gasteiger partial charge in [-0.2, -0.15) is 13.2 Å². The van der Waals surface area contributed by atoms with Gasteiger partial charge in [0.15, 0.2) is 0 Å². The second-order valence-corrected chi connectivity index (χ2v) is 7.70. The largest absolute Gasteiger partial charge is 0.391 e. The Morgan fingerprint density at radius 2 is 1.52 bits per heavy atom. The molecule has 124 valence electrons. The van der Waals surface area contributed by atoms with Gasteiger partial charge in [-0.25, -0.2) is 0 Å². The Morgan fingerprint density at radius 1 is 0.905 bits per heavy atom. The number of nitrogens with one attached hydrogen (secondary N) is 1. The van der Waals surface area contributed by atoms with Gasteiger partial charge in [0.25, 0.3) is 0 Å². The number of nitrogens with zero attached hydrogens (tertiary/aromatic N) is 1. The van der Waals surface area contributed by atoms with E-state index in [1.165, 1.54) is 0 Å². The summed E-state index contributed by atoms with van der Waals surface area (Å²) in [6.45, 7) is 8.73. The zero-order valence-corrected chi connectivity index (χ0v) is 13.5. The van der Waals surface area contributed by atoms with Crippen molar-refractivity contribution in [2.45, 2.75) is 83.1 Å². The van der Waals surface area contributed by atoms with Gasteiger partial charge in [-0.3, -0.25) is 4.90 Å². The first kappa shape index (κ1) is 17.1. The highest BCUT2D eigenvalue weighted by molar-refractivity contribution is 4.88. The summed E-state index contributed by atoms with van der Waals surface area (Å²) >= 11 is 0. The molecular weight excluding hydrogens is 277 g/mol. The van der Waals surface area contributed by atoms with Crippen LogP contribution >= 0.6 is 0 Å². The Balaban J connectivity index is 1.78. The highest BCUT2D eigenvalue weighted by atomic mass is 19.4. The molecule has 2 nitrogen and oxygen atoms in total. The van der Waals surface area contributed by atoms with Crippen molar-refractivity contribution in [3.63, 3.8) is 0 Å². The van der Waals surface area contributed by atoms with E-state index in [2.05, 4.69) is 31.0 Å². The molecule has 0 spiro atoms. The summed E-state index contributed by atoms with van der Waals surface area (Å²) in [7, 11) is 0. The standard InChI is InChI=1S/C16H29F3N2/c1-15(2,3)21-9-7-13(8-10-21)20-14-6-4-5-12(11-14)16(17,18)19/h12-14,20H,4-11H2,1-3H3/t12-,14+/m1/s1. The van der Waals surface area contributed by atoms with E-state index < -0.39 is 12.1 Å². The lowest BCUT2D eigenvalue weighted by molar-refractivity contribution is -0.184. The van der Waals surface area contributed by atoms with Crippen molar-refractivity contribution in [2.24, 2.45) is 5.92 Å². The fourth-order valence-electron chi connectivity index (χ4n) is 3.69. The van der Waals surface area contributed by atoms with Crippen LogP contribution in [0.15, 0.2) is 0 Å².